The van der Waals surface area contributed by atoms with Crippen LogP contribution in [0.15, 0.2) is 11.6 Å². The van der Waals surface area contributed by atoms with Crippen LogP contribution in [-0.2, 0) is 0 Å². The zero-order chi connectivity index (χ0) is 10.6. The van der Waals surface area contributed by atoms with Crippen molar-refractivity contribution in [2.45, 2.75) is 45.6 Å². The van der Waals surface area contributed by atoms with Crippen molar-refractivity contribution >= 4 is 11.6 Å². The van der Waals surface area contributed by atoms with Gasteiger partial charge in [0, 0.05) is 17.6 Å². The number of hydrogen-bond donors (Lipinski definition) is 1. The van der Waals surface area contributed by atoms with E-state index in [0.29, 0.717) is 6.04 Å². The smallest absolute Gasteiger partial charge is 0.0310 e. The maximum Gasteiger partial charge on any atom is 0.0310 e. The summed E-state index contributed by atoms with van der Waals surface area (Å²) >= 11 is 5.72. The van der Waals surface area contributed by atoms with Gasteiger partial charge in [0.05, 0.1) is 0 Å². The molecule has 1 fully saturated rings. The van der Waals surface area contributed by atoms with Gasteiger partial charge in [-0.25, -0.2) is 0 Å². The second kappa shape index (κ2) is 5.77. The van der Waals surface area contributed by atoms with Crippen LogP contribution in [0.3, 0.4) is 0 Å². The molecule has 14 heavy (non-hydrogen) atoms. The summed E-state index contributed by atoms with van der Waals surface area (Å²) in [6, 6.07) is 0.667. The van der Waals surface area contributed by atoms with E-state index < -0.39 is 0 Å². The van der Waals surface area contributed by atoms with Gasteiger partial charge in [-0.05, 0) is 37.5 Å². The minimum Gasteiger partial charge on any atom is -0.309 e. The van der Waals surface area contributed by atoms with E-state index in [0.717, 1.165) is 23.4 Å². The molecule has 0 atom stereocenters. The summed E-state index contributed by atoms with van der Waals surface area (Å²) in [4.78, 5) is 0. The van der Waals surface area contributed by atoms with E-state index in [4.69, 9.17) is 11.6 Å². The molecule has 0 aromatic heterocycles. The third kappa shape index (κ3) is 4.02. The van der Waals surface area contributed by atoms with E-state index in [1.807, 2.05) is 0 Å². The van der Waals surface area contributed by atoms with Gasteiger partial charge in [-0.1, -0.05) is 32.0 Å². The first-order valence-electron chi connectivity index (χ1n) is 5.66. The molecule has 1 rings (SSSR count). The van der Waals surface area contributed by atoms with Crippen LogP contribution in [0.2, 0.25) is 0 Å². The number of hydrogen-bond acceptors (Lipinski definition) is 1. The molecular formula is C12H22ClN. The second-order valence-corrected chi connectivity index (χ2v) is 5.29. The maximum atomic E-state index is 5.72. The third-order valence-electron chi connectivity index (χ3n) is 3.30. The van der Waals surface area contributed by atoms with Crippen LogP contribution in [0, 0.1) is 11.8 Å². The Labute approximate surface area is 92.9 Å². The summed E-state index contributed by atoms with van der Waals surface area (Å²) in [6.45, 7) is 9.11. The molecule has 0 aliphatic heterocycles. The molecule has 0 spiro atoms. The molecule has 0 aromatic rings. The van der Waals surface area contributed by atoms with Crippen molar-refractivity contribution < 1.29 is 0 Å². The Morgan fingerprint density at radius 3 is 2.36 bits per heavy atom. The molecule has 1 nitrogen and oxygen atoms in total. The lowest BCUT2D eigenvalue weighted by atomic mass is 9.80. The minimum atomic E-state index is 0.667. The largest absolute Gasteiger partial charge is 0.309 e. The van der Waals surface area contributed by atoms with Crippen LogP contribution in [0.25, 0.3) is 0 Å². The molecule has 0 heterocycles. The van der Waals surface area contributed by atoms with Crippen molar-refractivity contribution in [3.63, 3.8) is 0 Å². The zero-order valence-corrected chi connectivity index (χ0v) is 10.1. The quantitative estimate of drug-likeness (QED) is 0.757. The highest BCUT2D eigenvalue weighted by atomic mass is 35.5. The molecular weight excluding hydrogens is 194 g/mol. The summed E-state index contributed by atoms with van der Waals surface area (Å²) < 4.78 is 0. The van der Waals surface area contributed by atoms with E-state index in [1.165, 1.54) is 25.7 Å². The van der Waals surface area contributed by atoms with E-state index in [9.17, 15) is 0 Å². The first-order chi connectivity index (χ1) is 6.59. The fraction of sp³-hybridized carbons (Fsp3) is 0.833. The molecule has 1 N–H and O–H groups in total. The number of halogens is 1. The Hall–Kier alpha value is -0.0100. The zero-order valence-electron chi connectivity index (χ0n) is 9.35. The molecule has 1 aliphatic rings. The molecule has 2 heteroatoms. The van der Waals surface area contributed by atoms with Gasteiger partial charge in [0.2, 0.25) is 0 Å². The summed E-state index contributed by atoms with van der Waals surface area (Å²) in [5.74, 6) is 1.78. The number of rotatable bonds is 4. The Balaban J connectivity index is 2.19. The van der Waals surface area contributed by atoms with Crippen molar-refractivity contribution in [3.8, 4) is 0 Å². The molecule has 1 aliphatic carbocycles. The van der Waals surface area contributed by atoms with Gasteiger partial charge in [-0.2, -0.15) is 0 Å². The Kier molecular flexibility index (Phi) is 4.97. The predicted molar refractivity (Wildman–Crippen MR) is 63.6 cm³/mol. The van der Waals surface area contributed by atoms with E-state index >= 15 is 0 Å². The van der Waals surface area contributed by atoms with Crippen molar-refractivity contribution in [2.75, 3.05) is 6.54 Å². The highest BCUT2D eigenvalue weighted by molar-refractivity contribution is 6.29. The highest BCUT2D eigenvalue weighted by Gasteiger charge is 2.22. The van der Waals surface area contributed by atoms with E-state index in [-0.39, 0.29) is 0 Å². The topological polar surface area (TPSA) is 12.0 Å². The minimum absolute atomic E-state index is 0.667. The highest BCUT2D eigenvalue weighted by Crippen LogP contribution is 2.29. The third-order valence-corrected chi connectivity index (χ3v) is 3.43. The van der Waals surface area contributed by atoms with Crippen LogP contribution in [-0.4, -0.2) is 12.6 Å². The van der Waals surface area contributed by atoms with E-state index in [2.05, 4.69) is 25.7 Å². The van der Waals surface area contributed by atoms with Crippen LogP contribution >= 0.6 is 11.6 Å². The molecule has 82 valence electrons. The lowest BCUT2D eigenvalue weighted by Gasteiger charge is -2.31. The summed E-state index contributed by atoms with van der Waals surface area (Å²) in [7, 11) is 0. The van der Waals surface area contributed by atoms with Gasteiger partial charge in [0.1, 0.15) is 0 Å². The van der Waals surface area contributed by atoms with Crippen LogP contribution < -0.4 is 5.32 Å². The van der Waals surface area contributed by atoms with Gasteiger partial charge < -0.3 is 5.32 Å². The molecule has 0 amide bonds. The maximum absolute atomic E-state index is 5.72. The lowest BCUT2D eigenvalue weighted by molar-refractivity contribution is 0.242. The van der Waals surface area contributed by atoms with Gasteiger partial charge in [-0.15, -0.1) is 0 Å². The summed E-state index contributed by atoms with van der Waals surface area (Å²) in [5, 5.41) is 4.17. The van der Waals surface area contributed by atoms with Gasteiger partial charge in [0.25, 0.3) is 0 Å². The lowest BCUT2D eigenvalue weighted by Crippen LogP contribution is -2.34. The fourth-order valence-corrected chi connectivity index (χ4v) is 2.32. The average Bonchev–Trinajstić information content (AvgIpc) is 2.15. The van der Waals surface area contributed by atoms with Crippen molar-refractivity contribution in [3.05, 3.63) is 11.6 Å². The van der Waals surface area contributed by atoms with Gasteiger partial charge >= 0.3 is 0 Å². The summed E-state index contributed by atoms with van der Waals surface area (Å²) in [5.41, 5.74) is 0. The monoisotopic (exact) mass is 215 g/mol. The first-order valence-corrected chi connectivity index (χ1v) is 6.04. The average molecular weight is 216 g/mol. The SMILES string of the molecule is C=C(Cl)CNC1CCC(C(C)C)CC1. The Morgan fingerprint density at radius 1 is 1.36 bits per heavy atom. The molecule has 0 radical (unpaired) electrons. The summed E-state index contributed by atoms with van der Waals surface area (Å²) in [6.07, 6.45) is 5.33. The van der Waals surface area contributed by atoms with Crippen molar-refractivity contribution in [1.29, 1.82) is 0 Å². The van der Waals surface area contributed by atoms with Crippen molar-refractivity contribution in [1.82, 2.24) is 5.32 Å². The second-order valence-electron chi connectivity index (χ2n) is 4.75. The predicted octanol–water partition coefficient (Wildman–Crippen LogP) is 3.54. The van der Waals surface area contributed by atoms with Gasteiger partial charge in [-0.3, -0.25) is 0 Å². The number of nitrogens with one attached hydrogen (secondary N) is 1. The standard InChI is InChI=1S/C12H22ClN/c1-9(2)11-4-6-12(7-5-11)14-8-10(3)13/h9,11-12,14H,3-8H2,1-2H3. The van der Waals surface area contributed by atoms with Crippen LogP contribution in [0.1, 0.15) is 39.5 Å². The Bertz CT molecular complexity index is 181. The van der Waals surface area contributed by atoms with Crippen molar-refractivity contribution in [2.24, 2.45) is 11.8 Å². The van der Waals surface area contributed by atoms with E-state index in [1.54, 1.807) is 0 Å². The van der Waals surface area contributed by atoms with Crippen LogP contribution in [0.5, 0.6) is 0 Å². The molecule has 0 unspecified atom stereocenters. The molecule has 0 saturated heterocycles. The first kappa shape index (κ1) is 12.1. The Morgan fingerprint density at radius 2 is 1.93 bits per heavy atom. The van der Waals surface area contributed by atoms with Crippen LogP contribution in [0.4, 0.5) is 0 Å². The molecule has 1 saturated carbocycles. The molecule has 0 aromatic carbocycles. The normalized spacial score (nSPS) is 28.0. The van der Waals surface area contributed by atoms with Gasteiger partial charge in [0.15, 0.2) is 0 Å². The molecule has 0 bridgehead atoms. The fourth-order valence-electron chi connectivity index (χ4n) is 2.25.